The number of ether oxygens (including phenoxy) is 2. The van der Waals surface area contributed by atoms with Crippen LogP contribution in [0.25, 0.3) is 0 Å². The second kappa shape index (κ2) is 3.11. The standard InChI is InChI=1S/C5H9N3O3/c1-10-4-3-5(11-2)7-8(9)6-4/h3,6,9H,1-2H3. The molecule has 2 N–H and O–H groups in total. The lowest BCUT2D eigenvalue weighted by Gasteiger charge is -2.19. The molecule has 0 saturated heterocycles. The third-order valence-corrected chi connectivity index (χ3v) is 1.09. The molecule has 0 saturated carbocycles. The topological polar surface area (TPSA) is 66.3 Å². The van der Waals surface area contributed by atoms with Crippen molar-refractivity contribution >= 4 is 5.90 Å². The van der Waals surface area contributed by atoms with Crippen LogP contribution in [0.15, 0.2) is 17.1 Å². The van der Waals surface area contributed by atoms with Gasteiger partial charge in [0.25, 0.3) is 0 Å². The van der Waals surface area contributed by atoms with Gasteiger partial charge in [-0.2, -0.15) is 0 Å². The van der Waals surface area contributed by atoms with E-state index in [0.29, 0.717) is 11.2 Å². The number of nitrogens with one attached hydrogen (secondary N) is 1. The summed E-state index contributed by atoms with van der Waals surface area (Å²) < 4.78 is 9.53. The summed E-state index contributed by atoms with van der Waals surface area (Å²) in [5, 5.41) is 12.9. The van der Waals surface area contributed by atoms with Crippen molar-refractivity contribution < 1.29 is 14.7 Å². The van der Waals surface area contributed by atoms with E-state index in [9.17, 15) is 0 Å². The predicted octanol–water partition coefficient (Wildman–Crippen LogP) is -0.357. The average Bonchev–Trinajstić information content (AvgIpc) is 2.03. The van der Waals surface area contributed by atoms with Crippen LogP contribution < -0.4 is 5.43 Å². The van der Waals surface area contributed by atoms with Crippen molar-refractivity contribution in [1.29, 1.82) is 0 Å². The maximum absolute atomic E-state index is 8.85. The number of methoxy groups -OCH3 is 2. The summed E-state index contributed by atoms with van der Waals surface area (Å²) >= 11 is 0. The molecule has 1 rings (SSSR count). The Hall–Kier alpha value is -1.43. The van der Waals surface area contributed by atoms with Gasteiger partial charge in [0.2, 0.25) is 11.8 Å². The molecule has 0 bridgehead atoms. The zero-order chi connectivity index (χ0) is 8.27. The molecule has 0 aromatic heterocycles. The molecule has 62 valence electrons. The van der Waals surface area contributed by atoms with Crippen LogP contribution in [0.5, 0.6) is 0 Å². The van der Waals surface area contributed by atoms with E-state index < -0.39 is 0 Å². The average molecular weight is 159 g/mol. The van der Waals surface area contributed by atoms with Gasteiger partial charge in [-0.15, -0.1) is 0 Å². The Morgan fingerprint density at radius 1 is 1.55 bits per heavy atom. The maximum Gasteiger partial charge on any atom is 0.240 e. The normalized spacial score (nSPS) is 16.5. The fourth-order valence-corrected chi connectivity index (χ4v) is 0.595. The molecule has 0 atom stereocenters. The lowest BCUT2D eigenvalue weighted by molar-refractivity contribution is -0.141. The van der Waals surface area contributed by atoms with Crippen molar-refractivity contribution in [3.8, 4) is 0 Å². The van der Waals surface area contributed by atoms with Gasteiger partial charge in [-0.25, -0.2) is 5.43 Å². The quantitative estimate of drug-likeness (QED) is 0.547. The minimum atomic E-state index is 0.267. The van der Waals surface area contributed by atoms with E-state index in [4.69, 9.17) is 14.7 Å². The zero-order valence-electron chi connectivity index (χ0n) is 6.24. The first-order valence-corrected chi connectivity index (χ1v) is 2.90. The summed E-state index contributed by atoms with van der Waals surface area (Å²) in [5.74, 6) is 0.627. The Morgan fingerprint density at radius 3 is 2.82 bits per heavy atom. The van der Waals surface area contributed by atoms with Gasteiger partial charge in [-0.1, -0.05) is 10.4 Å². The minimum Gasteiger partial charge on any atom is -0.481 e. The van der Waals surface area contributed by atoms with E-state index in [1.165, 1.54) is 20.3 Å². The summed E-state index contributed by atoms with van der Waals surface area (Å²) in [6, 6.07) is 0. The number of hydrogen-bond donors (Lipinski definition) is 2. The molecule has 0 aromatic rings. The van der Waals surface area contributed by atoms with Crippen LogP contribution in [0.4, 0.5) is 0 Å². The fourth-order valence-electron chi connectivity index (χ4n) is 0.595. The molecular weight excluding hydrogens is 150 g/mol. The fraction of sp³-hybridized carbons (Fsp3) is 0.400. The number of nitrogens with zero attached hydrogens (tertiary/aromatic N) is 2. The number of rotatable bonds is 1. The first kappa shape index (κ1) is 7.67. The van der Waals surface area contributed by atoms with E-state index in [-0.39, 0.29) is 5.90 Å². The second-order valence-corrected chi connectivity index (χ2v) is 1.76. The highest BCUT2D eigenvalue weighted by molar-refractivity contribution is 5.88. The van der Waals surface area contributed by atoms with Crippen molar-refractivity contribution in [1.82, 2.24) is 10.7 Å². The molecule has 0 amide bonds. The highest BCUT2D eigenvalue weighted by atomic mass is 16.6. The summed E-state index contributed by atoms with van der Waals surface area (Å²) in [7, 11) is 2.91. The third kappa shape index (κ3) is 1.74. The molecule has 1 heterocycles. The SMILES string of the molecule is COC1=CC(OC)=NN(O)N1. The molecular formula is C5H9N3O3. The molecule has 0 unspecified atom stereocenters. The molecule has 0 aliphatic carbocycles. The van der Waals surface area contributed by atoms with E-state index in [2.05, 4.69) is 10.5 Å². The van der Waals surface area contributed by atoms with Crippen LogP contribution in [0.1, 0.15) is 0 Å². The van der Waals surface area contributed by atoms with Crippen molar-refractivity contribution in [2.75, 3.05) is 14.2 Å². The van der Waals surface area contributed by atoms with Gasteiger partial charge in [0, 0.05) is 0 Å². The van der Waals surface area contributed by atoms with Gasteiger partial charge >= 0.3 is 0 Å². The summed E-state index contributed by atoms with van der Waals surface area (Å²) in [6.45, 7) is 0. The highest BCUT2D eigenvalue weighted by Crippen LogP contribution is 2.00. The maximum atomic E-state index is 8.85. The lowest BCUT2D eigenvalue weighted by Crippen LogP contribution is -2.35. The molecule has 6 nitrogen and oxygen atoms in total. The van der Waals surface area contributed by atoms with Crippen LogP contribution in [0, 0.1) is 0 Å². The second-order valence-electron chi connectivity index (χ2n) is 1.76. The molecule has 6 heteroatoms. The zero-order valence-corrected chi connectivity index (χ0v) is 6.24. The molecule has 0 radical (unpaired) electrons. The largest absolute Gasteiger partial charge is 0.481 e. The van der Waals surface area contributed by atoms with Crippen LogP contribution >= 0.6 is 0 Å². The van der Waals surface area contributed by atoms with Gasteiger partial charge in [0.15, 0.2) is 0 Å². The van der Waals surface area contributed by atoms with Gasteiger partial charge in [0.1, 0.15) is 0 Å². The Kier molecular flexibility index (Phi) is 2.17. The van der Waals surface area contributed by atoms with Crippen LogP contribution in [-0.4, -0.2) is 30.6 Å². The van der Waals surface area contributed by atoms with Crippen LogP contribution in [0.2, 0.25) is 0 Å². The molecule has 0 fully saturated rings. The molecule has 1 aliphatic rings. The minimum absolute atomic E-state index is 0.267. The van der Waals surface area contributed by atoms with Crippen LogP contribution in [-0.2, 0) is 9.47 Å². The Morgan fingerprint density at radius 2 is 2.27 bits per heavy atom. The predicted molar refractivity (Wildman–Crippen MR) is 36.3 cm³/mol. The van der Waals surface area contributed by atoms with Crippen molar-refractivity contribution in [3.05, 3.63) is 12.0 Å². The molecule has 0 aromatic carbocycles. The summed E-state index contributed by atoms with van der Waals surface area (Å²) in [4.78, 5) is 0. The molecule has 0 spiro atoms. The summed E-state index contributed by atoms with van der Waals surface area (Å²) in [5.41, 5.74) is 2.39. The Bertz CT molecular complexity index is 201. The highest BCUT2D eigenvalue weighted by Gasteiger charge is 2.10. The Labute approximate surface area is 63.6 Å². The lowest BCUT2D eigenvalue weighted by atomic mass is 10.5. The first-order valence-electron chi connectivity index (χ1n) is 2.90. The first-order chi connectivity index (χ1) is 5.26. The number of hydrazone groups is 1. The van der Waals surface area contributed by atoms with E-state index in [0.717, 1.165) is 0 Å². The molecule has 1 aliphatic heterocycles. The van der Waals surface area contributed by atoms with Gasteiger partial charge in [-0.05, 0) is 0 Å². The smallest absolute Gasteiger partial charge is 0.240 e. The van der Waals surface area contributed by atoms with Crippen LogP contribution in [0.3, 0.4) is 0 Å². The van der Waals surface area contributed by atoms with Gasteiger partial charge < -0.3 is 9.47 Å². The van der Waals surface area contributed by atoms with Crippen molar-refractivity contribution in [2.24, 2.45) is 5.10 Å². The molecule has 11 heavy (non-hydrogen) atoms. The van der Waals surface area contributed by atoms with Gasteiger partial charge in [0.05, 0.1) is 20.3 Å². The van der Waals surface area contributed by atoms with Crippen molar-refractivity contribution in [2.45, 2.75) is 0 Å². The number of hydrazine groups is 1. The van der Waals surface area contributed by atoms with E-state index >= 15 is 0 Å². The summed E-state index contributed by atoms with van der Waals surface area (Å²) in [6.07, 6.45) is 1.51. The van der Waals surface area contributed by atoms with E-state index in [1.54, 1.807) is 0 Å². The van der Waals surface area contributed by atoms with E-state index in [1.807, 2.05) is 0 Å². The van der Waals surface area contributed by atoms with Crippen molar-refractivity contribution in [3.63, 3.8) is 0 Å². The monoisotopic (exact) mass is 159 g/mol. The number of hydrogen-bond acceptors (Lipinski definition) is 6. The van der Waals surface area contributed by atoms with Gasteiger partial charge in [-0.3, -0.25) is 5.21 Å². The Balaban J connectivity index is 2.71. The third-order valence-electron chi connectivity index (χ3n) is 1.09.